The zero-order valence-corrected chi connectivity index (χ0v) is 19.5. The summed E-state index contributed by atoms with van der Waals surface area (Å²) in [7, 11) is 0. The molecule has 0 nitrogen and oxygen atoms in total. The number of unbranched alkanes of at least 4 members (excludes halogenated alkanes) is 6. The summed E-state index contributed by atoms with van der Waals surface area (Å²) < 4.78 is 0. The summed E-state index contributed by atoms with van der Waals surface area (Å²) in [6.07, 6.45) is 20.0. The molecule has 2 aromatic rings. The molecule has 0 aliphatic heterocycles. The van der Waals surface area contributed by atoms with Gasteiger partial charge >= 0.3 is 0 Å². The van der Waals surface area contributed by atoms with Crippen molar-refractivity contribution in [2.24, 2.45) is 5.92 Å². The minimum Gasteiger partial charge on any atom is -0.0804 e. The van der Waals surface area contributed by atoms with Gasteiger partial charge in [-0.05, 0) is 65.8 Å². The average Bonchev–Trinajstić information content (AvgIpc) is 2.80. The first-order chi connectivity index (χ1) is 14.8. The second-order valence-corrected chi connectivity index (χ2v) is 9.30. The number of hydrogen-bond donors (Lipinski definition) is 0. The van der Waals surface area contributed by atoms with Crippen LogP contribution in [0.25, 0.3) is 16.7 Å². The largest absolute Gasteiger partial charge is 0.0804 e. The van der Waals surface area contributed by atoms with Crippen molar-refractivity contribution in [1.82, 2.24) is 0 Å². The molecule has 2 aromatic carbocycles. The highest BCUT2D eigenvalue weighted by Crippen LogP contribution is 2.33. The molecule has 0 amide bonds. The Morgan fingerprint density at radius 3 is 1.90 bits per heavy atom. The van der Waals surface area contributed by atoms with Crippen molar-refractivity contribution in [3.63, 3.8) is 0 Å². The highest BCUT2D eigenvalue weighted by atomic mass is 14.2. The average molecular weight is 403 g/mol. The van der Waals surface area contributed by atoms with E-state index < -0.39 is 0 Å². The zero-order valence-electron chi connectivity index (χ0n) is 19.5. The third kappa shape index (κ3) is 7.15. The lowest BCUT2D eigenvalue weighted by atomic mass is 9.83. The van der Waals surface area contributed by atoms with E-state index >= 15 is 0 Å². The van der Waals surface area contributed by atoms with Crippen molar-refractivity contribution in [3.8, 4) is 11.1 Å². The Labute approximate surface area is 185 Å². The first kappa shape index (κ1) is 22.9. The third-order valence-electron chi connectivity index (χ3n) is 6.85. The maximum absolute atomic E-state index is 2.52. The molecule has 0 aromatic heterocycles. The minimum absolute atomic E-state index is 0.921. The number of rotatable bonds is 12. The van der Waals surface area contributed by atoms with Crippen LogP contribution in [0, 0.1) is 5.92 Å². The van der Waals surface area contributed by atoms with Gasteiger partial charge in [0.15, 0.2) is 0 Å². The second kappa shape index (κ2) is 12.8. The van der Waals surface area contributed by atoms with E-state index in [0.717, 1.165) is 5.92 Å². The summed E-state index contributed by atoms with van der Waals surface area (Å²) in [5.41, 5.74) is 7.14. The summed E-state index contributed by atoms with van der Waals surface area (Å²) in [5.74, 6) is 0.921. The molecule has 1 unspecified atom stereocenters. The van der Waals surface area contributed by atoms with E-state index in [4.69, 9.17) is 0 Å². The maximum atomic E-state index is 2.52. The first-order valence-corrected chi connectivity index (χ1v) is 12.7. The van der Waals surface area contributed by atoms with E-state index in [0.29, 0.717) is 0 Å². The molecule has 3 rings (SSSR count). The van der Waals surface area contributed by atoms with Gasteiger partial charge in [0.1, 0.15) is 0 Å². The normalized spacial score (nSPS) is 16.5. The summed E-state index contributed by atoms with van der Waals surface area (Å²) >= 11 is 0. The summed E-state index contributed by atoms with van der Waals surface area (Å²) in [6, 6.07) is 18.5. The first-order valence-electron chi connectivity index (χ1n) is 12.7. The maximum Gasteiger partial charge on any atom is -0.0184 e. The zero-order chi connectivity index (χ0) is 21.0. The predicted molar refractivity (Wildman–Crippen MR) is 134 cm³/mol. The standard InChI is InChI=1S/C30H42/c1-3-5-7-8-10-12-26-15-19-28(20-16-26)30-23-21-29(22-24-30)27-17-13-25(14-18-27)11-9-6-4-2/h15-17,19-25H,3-14,18H2,1-2H3. The number of aryl methyl sites for hydroxylation is 1. The predicted octanol–water partition coefficient (Wildman–Crippen LogP) is 9.63. The monoisotopic (exact) mass is 402 g/mol. The fourth-order valence-electron chi connectivity index (χ4n) is 4.77. The van der Waals surface area contributed by atoms with E-state index in [1.807, 2.05) is 0 Å². The second-order valence-electron chi connectivity index (χ2n) is 9.30. The van der Waals surface area contributed by atoms with Gasteiger partial charge in [-0.15, -0.1) is 0 Å². The van der Waals surface area contributed by atoms with Gasteiger partial charge in [0.25, 0.3) is 0 Å². The van der Waals surface area contributed by atoms with Gasteiger partial charge in [0.2, 0.25) is 0 Å². The van der Waals surface area contributed by atoms with E-state index in [9.17, 15) is 0 Å². The van der Waals surface area contributed by atoms with Gasteiger partial charge in [0.05, 0.1) is 0 Å². The van der Waals surface area contributed by atoms with Crippen molar-refractivity contribution in [2.45, 2.75) is 97.3 Å². The number of hydrogen-bond acceptors (Lipinski definition) is 0. The van der Waals surface area contributed by atoms with Gasteiger partial charge in [-0.3, -0.25) is 0 Å². The van der Waals surface area contributed by atoms with E-state index in [2.05, 4.69) is 68.5 Å². The highest BCUT2D eigenvalue weighted by molar-refractivity contribution is 5.71. The lowest BCUT2D eigenvalue weighted by molar-refractivity contribution is 0.428. The Bertz CT molecular complexity index is 748. The topological polar surface area (TPSA) is 0 Å². The molecule has 0 spiro atoms. The molecule has 1 atom stereocenters. The summed E-state index contributed by atoms with van der Waals surface area (Å²) in [5, 5.41) is 0. The van der Waals surface area contributed by atoms with E-state index in [-0.39, 0.29) is 0 Å². The lowest BCUT2D eigenvalue weighted by Gasteiger charge is -2.22. The molecule has 0 fully saturated rings. The van der Waals surface area contributed by atoms with Crippen LogP contribution in [0.4, 0.5) is 0 Å². The number of allylic oxidation sites excluding steroid dienone is 2. The van der Waals surface area contributed by atoms with Crippen LogP contribution in [-0.2, 0) is 6.42 Å². The molecule has 1 aliphatic rings. The third-order valence-corrected chi connectivity index (χ3v) is 6.85. The van der Waals surface area contributed by atoms with E-state index in [1.165, 1.54) is 106 Å². The fourth-order valence-corrected chi connectivity index (χ4v) is 4.77. The Morgan fingerprint density at radius 1 is 0.667 bits per heavy atom. The molecule has 0 radical (unpaired) electrons. The van der Waals surface area contributed by atoms with Crippen molar-refractivity contribution >= 4 is 5.57 Å². The molecule has 0 bridgehead atoms. The smallest absolute Gasteiger partial charge is 0.0184 e. The van der Waals surface area contributed by atoms with Crippen molar-refractivity contribution in [1.29, 1.82) is 0 Å². The van der Waals surface area contributed by atoms with Gasteiger partial charge < -0.3 is 0 Å². The molecule has 162 valence electrons. The molecule has 30 heavy (non-hydrogen) atoms. The van der Waals surface area contributed by atoms with Gasteiger partial charge in [-0.2, -0.15) is 0 Å². The quantitative estimate of drug-likeness (QED) is 0.310. The Kier molecular flexibility index (Phi) is 9.74. The van der Waals surface area contributed by atoms with Crippen molar-refractivity contribution < 1.29 is 0 Å². The van der Waals surface area contributed by atoms with Gasteiger partial charge in [0, 0.05) is 0 Å². The van der Waals surface area contributed by atoms with Crippen LogP contribution in [0.15, 0.2) is 54.6 Å². The van der Waals surface area contributed by atoms with Crippen LogP contribution in [0.1, 0.15) is 102 Å². The van der Waals surface area contributed by atoms with Crippen molar-refractivity contribution in [2.75, 3.05) is 0 Å². The molecular formula is C30H42. The van der Waals surface area contributed by atoms with Crippen LogP contribution in [0.2, 0.25) is 0 Å². The van der Waals surface area contributed by atoms with Gasteiger partial charge in [-0.1, -0.05) is 120 Å². The minimum atomic E-state index is 0.921. The number of benzene rings is 2. The Morgan fingerprint density at radius 2 is 1.27 bits per heavy atom. The lowest BCUT2D eigenvalue weighted by Crippen LogP contribution is -2.05. The molecule has 1 aliphatic carbocycles. The molecule has 0 N–H and O–H groups in total. The molecule has 0 heteroatoms. The van der Waals surface area contributed by atoms with Crippen LogP contribution in [0.3, 0.4) is 0 Å². The molecule has 0 saturated heterocycles. The molecular weight excluding hydrogens is 360 g/mol. The van der Waals surface area contributed by atoms with Crippen LogP contribution in [-0.4, -0.2) is 0 Å². The molecule has 0 saturated carbocycles. The SMILES string of the molecule is CCCCCCCc1ccc(-c2ccc(C3=CCC(CCCCC)CC3)cc2)cc1. The summed E-state index contributed by atoms with van der Waals surface area (Å²) in [6.45, 7) is 4.58. The van der Waals surface area contributed by atoms with Crippen LogP contribution >= 0.6 is 0 Å². The van der Waals surface area contributed by atoms with Gasteiger partial charge in [-0.25, -0.2) is 0 Å². The Hall–Kier alpha value is -1.82. The summed E-state index contributed by atoms with van der Waals surface area (Å²) in [4.78, 5) is 0. The fraction of sp³-hybridized carbons (Fsp3) is 0.533. The van der Waals surface area contributed by atoms with Crippen LogP contribution in [0.5, 0.6) is 0 Å². The van der Waals surface area contributed by atoms with Crippen molar-refractivity contribution in [3.05, 3.63) is 65.7 Å². The van der Waals surface area contributed by atoms with Crippen LogP contribution < -0.4 is 0 Å². The highest BCUT2D eigenvalue weighted by Gasteiger charge is 2.15. The van der Waals surface area contributed by atoms with E-state index in [1.54, 1.807) is 5.57 Å². The Balaban J connectivity index is 1.50. The molecule has 0 heterocycles.